The van der Waals surface area contributed by atoms with Crippen molar-refractivity contribution in [3.8, 4) is 5.75 Å². The van der Waals surface area contributed by atoms with Gasteiger partial charge in [0.05, 0.1) is 6.20 Å². The van der Waals surface area contributed by atoms with E-state index in [1.54, 1.807) is 6.20 Å². The molecule has 0 amide bonds. The molecule has 1 aromatic heterocycles. The molecule has 4 heteroatoms. The quantitative estimate of drug-likeness (QED) is 0.824. The monoisotopic (exact) mass is 221 g/mol. The Kier molecular flexibility index (Phi) is 3.41. The molecule has 2 rings (SSSR count). The molecule has 88 valence electrons. The highest BCUT2D eigenvalue weighted by atomic mass is 16.3. The lowest BCUT2D eigenvalue weighted by Gasteiger charge is -2.20. The van der Waals surface area contributed by atoms with Crippen LogP contribution < -0.4 is 0 Å². The van der Waals surface area contributed by atoms with Gasteiger partial charge in [-0.1, -0.05) is 0 Å². The van der Waals surface area contributed by atoms with Gasteiger partial charge in [-0.3, -0.25) is 9.88 Å². The minimum atomic E-state index is 0.302. The summed E-state index contributed by atoms with van der Waals surface area (Å²) in [6.45, 7) is 3.00. The second-order valence-electron chi connectivity index (χ2n) is 4.65. The minimum Gasteiger partial charge on any atom is -0.506 e. The first-order valence-corrected chi connectivity index (χ1v) is 5.67. The number of pyridine rings is 1. The second-order valence-corrected chi connectivity index (χ2v) is 4.65. The normalized spacial score (nSPS) is 21.8. The summed E-state index contributed by atoms with van der Waals surface area (Å²) in [7, 11) is 4.25. The molecular formula is C12H19N3O. The second kappa shape index (κ2) is 4.80. The highest BCUT2D eigenvalue weighted by Gasteiger charge is 2.24. The van der Waals surface area contributed by atoms with Gasteiger partial charge in [0.1, 0.15) is 5.75 Å². The van der Waals surface area contributed by atoms with Gasteiger partial charge in [-0.2, -0.15) is 0 Å². The van der Waals surface area contributed by atoms with Crippen LogP contribution in [-0.2, 0) is 6.54 Å². The molecule has 1 saturated heterocycles. The van der Waals surface area contributed by atoms with Crippen molar-refractivity contribution in [3.63, 3.8) is 0 Å². The average molecular weight is 221 g/mol. The number of aromatic nitrogens is 1. The van der Waals surface area contributed by atoms with Crippen molar-refractivity contribution in [1.82, 2.24) is 14.8 Å². The van der Waals surface area contributed by atoms with Crippen LogP contribution in [0.25, 0.3) is 0 Å². The number of nitrogens with zero attached hydrogens (tertiary/aromatic N) is 3. The Morgan fingerprint density at radius 1 is 1.56 bits per heavy atom. The third-order valence-electron chi connectivity index (χ3n) is 3.26. The third kappa shape index (κ3) is 2.51. The van der Waals surface area contributed by atoms with Crippen LogP contribution in [-0.4, -0.2) is 53.1 Å². The Bertz CT molecular complexity index is 354. The van der Waals surface area contributed by atoms with Crippen LogP contribution in [0.3, 0.4) is 0 Å². The number of rotatable bonds is 3. The van der Waals surface area contributed by atoms with Crippen molar-refractivity contribution in [2.75, 3.05) is 27.2 Å². The summed E-state index contributed by atoms with van der Waals surface area (Å²) in [5.41, 5.74) is 0.967. The summed E-state index contributed by atoms with van der Waals surface area (Å²) in [6.07, 6.45) is 4.45. The zero-order valence-electron chi connectivity index (χ0n) is 9.93. The van der Waals surface area contributed by atoms with Crippen LogP contribution in [0.1, 0.15) is 12.0 Å². The van der Waals surface area contributed by atoms with Crippen LogP contribution in [0.5, 0.6) is 5.75 Å². The molecule has 2 heterocycles. The van der Waals surface area contributed by atoms with Crippen LogP contribution in [0.2, 0.25) is 0 Å². The molecule has 1 N–H and O–H groups in total. The lowest BCUT2D eigenvalue weighted by atomic mass is 10.2. The Morgan fingerprint density at radius 3 is 3.00 bits per heavy atom. The fourth-order valence-electron chi connectivity index (χ4n) is 2.17. The van der Waals surface area contributed by atoms with Gasteiger partial charge in [-0.25, -0.2) is 0 Å². The van der Waals surface area contributed by atoms with E-state index in [1.807, 2.05) is 6.07 Å². The first kappa shape index (κ1) is 11.4. The fraction of sp³-hybridized carbons (Fsp3) is 0.583. The van der Waals surface area contributed by atoms with Gasteiger partial charge in [0.15, 0.2) is 0 Å². The predicted molar refractivity (Wildman–Crippen MR) is 63.3 cm³/mol. The molecule has 0 spiro atoms. The van der Waals surface area contributed by atoms with Crippen molar-refractivity contribution in [3.05, 3.63) is 24.0 Å². The molecule has 1 unspecified atom stereocenters. The van der Waals surface area contributed by atoms with E-state index in [1.165, 1.54) is 12.6 Å². The Labute approximate surface area is 96.5 Å². The third-order valence-corrected chi connectivity index (χ3v) is 3.26. The van der Waals surface area contributed by atoms with Gasteiger partial charge >= 0.3 is 0 Å². The van der Waals surface area contributed by atoms with Gasteiger partial charge in [-0.15, -0.1) is 0 Å². The van der Waals surface area contributed by atoms with Crippen molar-refractivity contribution in [1.29, 1.82) is 0 Å². The van der Waals surface area contributed by atoms with E-state index in [-0.39, 0.29) is 0 Å². The molecule has 4 nitrogen and oxygen atoms in total. The molecule has 1 aromatic rings. The van der Waals surface area contributed by atoms with Crippen molar-refractivity contribution < 1.29 is 5.11 Å². The smallest absolute Gasteiger partial charge is 0.138 e. The number of hydrogen-bond acceptors (Lipinski definition) is 4. The molecule has 16 heavy (non-hydrogen) atoms. The SMILES string of the molecule is CN(C)C1CCN(Cc2ccncc2O)C1. The van der Waals surface area contributed by atoms with Gasteiger partial charge in [0, 0.05) is 37.4 Å². The molecular weight excluding hydrogens is 202 g/mol. The highest BCUT2D eigenvalue weighted by Crippen LogP contribution is 2.20. The van der Waals surface area contributed by atoms with Crippen LogP contribution in [0, 0.1) is 0 Å². The molecule has 0 aromatic carbocycles. The largest absolute Gasteiger partial charge is 0.506 e. The zero-order chi connectivity index (χ0) is 11.5. The molecule has 1 aliphatic rings. The maximum absolute atomic E-state index is 9.65. The molecule has 1 fully saturated rings. The molecule has 0 saturated carbocycles. The van der Waals surface area contributed by atoms with E-state index in [0.717, 1.165) is 25.2 Å². The van der Waals surface area contributed by atoms with Gasteiger partial charge in [0.25, 0.3) is 0 Å². The number of likely N-dealkylation sites (N-methyl/N-ethyl adjacent to an activating group) is 1. The maximum atomic E-state index is 9.65. The van der Waals surface area contributed by atoms with Gasteiger partial charge in [0.2, 0.25) is 0 Å². The predicted octanol–water partition coefficient (Wildman–Crippen LogP) is 0.923. The summed E-state index contributed by atoms with van der Waals surface area (Å²) in [6, 6.07) is 2.53. The van der Waals surface area contributed by atoms with E-state index >= 15 is 0 Å². The van der Waals surface area contributed by atoms with E-state index < -0.39 is 0 Å². The topological polar surface area (TPSA) is 39.6 Å². The average Bonchev–Trinajstić information content (AvgIpc) is 2.70. The first-order chi connectivity index (χ1) is 7.66. The fourth-order valence-corrected chi connectivity index (χ4v) is 2.17. The Hall–Kier alpha value is -1.13. The summed E-state index contributed by atoms with van der Waals surface area (Å²) >= 11 is 0. The standard InChI is InChI=1S/C12H19N3O/c1-14(2)11-4-6-15(9-11)8-10-3-5-13-7-12(10)16/h3,5,7,11,16H,4,6,8-9H2,1-2H3. The first-order valence-electron chi connectivity index (χ1n) is 5.67. The van der Waals surface area contributed by atoms with Gasteiger partial charge in [-0.05, 0) is 26.6 Å². The van der Waals surface area contributed by atoms with Crippen LogP contribution in [0.4, 0.5) is 0 Å². The number of likely N-dealkylation sites (tertiary alicyclic amines) is 1. The zero-order valence-corrected chi connectivity index (χ0v) is 9.93. The summed E-state index contributed by atoms with van der Waals surface area (Å²) in [5, 5.41) is 9.65. The minimum absolute atomic E-state index is 0.302. The van der Waals surface area contributed by atoms with E-state index in [0.29, 0.717) is 11.8 Å². The Balaban J connectivity index is 1.95. The van der Waals surface area contributed by atoms with Crippen molar-refractivity contribution >= 4 is 0 Å². The number of aromatic hydroxyl groups is 1. The van der Waals surface area contributed by atoms with E-state index in [2.05, 4.69) is 28.9 Å². The van der Waals surface area contributed by atoms with Gasteiger partial charge < -0.3 is 10.0 Å². The van der Waals surface area contributed by atoms with Crippen LogP contribution >= 0.6 is 0 Å². The molecule has 0 aliphatic carbocycles. The molecule has 1 aliphatic heterocycles. The van der Waals surface area contributed by atoms with E-state index in [4.69, 9.17) is 0 Å². The molecule has 0 radical (unpaired) electrons. The summed E-state index contributed by atoms with van der Waals surface area (Å²) in [5.74, 6) is 0.302. The van der Waals surface area contributed by atoms with Crippen molar-refractivity contribution in [2.24, 2.45) is 0 Å². The molecule has 0 bridgehead atoms. The van der Waals surface area contributed by atoms with Crippen molar-refractivity contribution in [2.45, 2.75) is 19.0 Å². The molecule has 1 atom stereocenters. The number of hydrogen-bond donors (Lipinski definition) is 1. The Morgan fingerprint density at radius 2 is 2.38 bits per heavy atom. The summed E-state index contributed by atoms with van der Waals surface area (Å²) < 4.78 is 0. The lowest BCUT2D eigenvalue weighted by molar-refractivity contribution is 0.262. The summed E-state index contributed by atoms with van der Waals surface area (Å²) in [4.78, 5) is 8.53. The van der Waals surface area contributed by atoms with E-state index in [9.17, 15) is 5.11 Å². The highest BCUT2D eigenvalue weighted by molar-refractivity contribution is 5.27. The lowest BCUT2D eigenvalue weighted by Crippen LogP contribution is -2.31. The van der Waals surface area contributed by atoms with Crippen LogP contribution in [0.15, 0.2) is 18.5 Å². The maximum Gasteiger partial charge on any atom is 0.138 e.